The zero-order chi connectivity index (χ0) is 20.2. The maximum atomic E-state index is 5.40. The Bertz CT molecular complexity index is 1120. The molecule has 1 N–H and O–H groups in total. The molecule has 2 heterocycles. The molecular weight excluding hydrogens is 382 g/mol. The van der Waals surface area contributed by atoms with Crippen LogP contribution in [-0.2, 0) is 6.42 Å². The SMILES string of the molecule is COc1ccc(CCNc2ncnc3scc(-c4ccc(C)cc4)c23)cc1OC. The van der Waals surface area contributed by atoms with Gasteiger partial charge in [-0.3, -0.25) is 0 Å². The van der Waals surface area contributed by atoms with Crippen LogP contribution in [0.25, 0.3) is 21.3 Å². The third-order valence-electron chi connectivity index (χ3n) is 4.89. The number of benzene rings is 2. The Morgan fingerprint density at radius 1 is 0.966 bits per heavy atom. The van der Waals surface area contributed by atoms with Crippen molar-refractivity contribution < 1.29 is 9.47 Å². The minimum atomic E-state index is 0.739. The summed E-state index contributed by atoms with van der Waals surface area (Å²) >= 11 is 1.64. The van der Waals surface area contributed by atoms with Crippen molar-refractivity contribution in [3.8, 4) is 22.6 Å². The molecule has 0 fully saturated rings. The van der Waals surface area contributed by atoms with Gasteiger partial charge in [-0.15, -0.1) is 11.3 Å². The number of anilines is 1. The minimum absolute atomic E-state index is 0.739. The number of fused-ring (bicyclic) bond motifs is 1. The molecule has 0 amide bonds. The number of rotatable bonds is 7. The Morgan fingerprint density at radius 3 is 2.52 bits per heavy atom. The summed E-state index contributed by atoms with van der Waals surface area (Å²) in [5.74, 6) is 2.35. The smallest absolute Gasteiger partial charge is 0.160 e. The second-order valence-corrected chi connectivity index (χ2v) is 7.64. The molecule has 5 nitrogen and oxygen atoms in total. The van der Waals surface area contributed by atoms with E-state index in [2.05, 4.69) is 57.9 Å². The van der Waals surface area contributed by atoms with Crippen LogP contribution in [0, 0.1) is 6.92 Å². The van der Waals surface area contributed by atoms with Crippen molar-refractivity contribution in [1.29, 1.82) is 0 Å². The van der Waals surface area contributed by atoms with E-state index in [1.54, 1.807) is 31.9 Å². The molecule has 2 aromatic carbocycles. The molecular formula is C23H23N3O2S. The van der Waals surface area contributed by atoms with Gasteiger partial charge in [-0.05, 0) is 36.6 Å². The van der Waals surface area contributed by atoms with Gasteiger partial charge in [0.25, 0.3) is 0 Å². The van der Waals surface area contributed by atoms with Crippen LogP contribution in [0.2, 0.25) is 0 Å². The van der Waals surface area contributed by atoms with Crippen LogP contribution < -0.4 is 14.8 Å². The molecule has 0 aliphatic carbocycles. The van der Waals surface area contributed by atoms with E-state index in [-0.39, 0.29) is 0 Å². The zero-order valence-electron chi connectivity index (χ0n) is 16.7. The summed E-state index contributed by atoms with van der Waals surface area (Å²) in [7, 11) is 3.30. The van der Waals surface area contributed by atoms with Gasteiger partial charge in [0.15, 0.2) is 11.5 Å². The molecule has 0 unspecified atom stereocenters. The summed E-state index contributed by atoms with van der Waals surface area (Å²) in [5, 5.41) is 6.73. The highest BCUT2D eigenvalue weighted by Gasteiger charge is 2.13. The van der Waals surface area contributed by atoms with Crippen molar-refractivity contribution in [3.63, 3.8) is 0 Å². The number of aryl methyl sites for hydroxylation is 1. The average Bonchev–Trinajstić information content (AvgIpc) is 3.19. The summed E-state index contributed by atoms with van der Waals surface area (Å²) in [6.07, 6.45) is 2.46. The lowest BCUT2D eigenvalue weighted by atomic mass is 10.0. The Morgan fingerprint density at radius 2 is 1.76 bits per heavy atom. The fraction of sp³-hybridized carbons (Fsp3) is 0.217. The number of aromatic nitrogens is 2. The number of hydrogen-bond donors (Lipinski definition) is 1. The van der Waals surface area contributed by atoms with Crippen LogP contribution >= 0.6 is 11.3 Å². The summed E-state index contributed by atoms with van der Waals surface area (Å²) in [6.45, 7) is 2.85. The predicted molar refractivity (Wildman–Crippen MR) is 119 cm³/mol. The maximum absolute atomic E-state index is 5.40. The van der Waals surface area contributed by atoms with Crippen molar-refractivity contribution in [2.24, 2.45) is 0 Å². The first-order valence-electron chi connectivity index (χ1n) is 9.43. The summed E-state index contributed by atoms with van der Waals surface area (Å²) in [6, 6.07) is 14.6. The van der Waals surface area contributed by atoms with E-state index >= 15 is 0 Å². The second-order valence-electron chi connectivity index (χ2n) is 6.78. The normalized spacial score (nSPS) is 10.9. The summed E-state index contributed by atoms with van der Waals surface area (Å²) < 4.78 is 10.7. The Labute approximate surface area is 174 Å². The third-order valence-corrected chi connectivity index (χ3v) is 5.77. The first kappa shape index (κ1) is 19.2. The highest BCUT2D eigenvalue weighted by molar-refractivity contribution is 7.17. The number of nitrogens with zero attached hydrogens (tertiary/aromatic N) is 2. The topological polar surface area (TPSA) is 56.3 Å². The zero-order valence-corrected chi connectivity index (χ0v) is 17.5. The second kappa shape index (κ2) is 8.49. The lowest BCUT2D eigenvalue weighted by Gasteiger charge is -2.11. The largest absolute Gasteiger partial charge is 0.493 e. The monoisotopic (exact) mass is 405 g/mol. The Kier molecular flexibility index (Phi) is 5.62. The van der Waals surface area contributed by atoms with E-state index in [0.717, 1.165) is 40.5 Å². The Balaban J connectivity index is 1.55. The molecule has 0 aliphatic rings. The van der Waals surface area contributed by atoms with Crippen LogP contribution in [0.5, 0.6) is 11.5 Å². The molecule has 0 aliphatic heterocycles. The number of ether oxygens (including phenoxy) is 2. The van der Waals surface area contributed by atoms with E-state index < -0.39 is 0 Å². The fourth-order valence-corrected chi connectivity index (χ4v) is 4.23. The van der Waals surface area contributed by atoms with Crippen LogP contribution in [0.15, 0.2) is 54.2 Å². The summed E-state index contributed by atoms with van der Waals surface area (Å²) in [5.41, 5.74) is 4.76. The fourth-order valence-electron chi connectivity index (χ4n) is 3.32. The number of thiophene rings is 1. The minimum Gasteiger partial charge on any atom is -0.493 e. The van der Waals surface area contributed by atoms with Crippen molar-refractivity contribution in [1.82, 2.24) is 9.97 Å². The van der Waals surface area contributed by atoms with Crippen LogP contribution in [0.4, 0.5) is 5.82 Å². The predicted octanol–water partition coefficient (Wildman–Crippen LogP) is 5.34. The standard InChI is InChI=1S/C23H23N3O2S/c1-15-4-7-17(8-5-15)18-13-29-23-21(18)22(25-14-26-23)24-11-10-16-6-9-19(27-2)20(12-16)28-3/h4-9,12-14H,10-11H2,1-3H3,(H,24,25,26). The van der Waals surface area contributed by atoms with Gasteiger partial charge < -0.3 is 14.8 Å². The van der Waals surface area contributed by atoms with Gasteiger partial charge in [-0.1, -0.05) is 35.9 Å². The molecule has 0 bridgehead atoms. The number of methoxy groups -OCH3 is 2. The van der Waals surface area contributed by atoms with E-state index in [1.165, 1.54) is 22.3 Å². The van der Waals surface area contributed by atoms with Gasteiger partial charge in [0.05, 0.1) is 19.6 Å². The van der Waals surface area contributed by atoms with Crippen LogP contribution in [0.1, 0.15) is 11.1 Å². The molecule has 0 saturated carbocycles. The van der Waals surface area contributed by atoms with Crippen molar-refractivity contribution in [3.05, 3.63) is 65.3 Å². The van der Waals surface area contributed by atoms with Gasteiger partial charge >= 0.3 is 0 Å². The maximum Gasteiger partial charge on any atom is 0.160 e. The molecule has 0 atom stereocenters. The van der Waals surface area contributed by atoms with Gasteiger partial charge in [-0.2, -0.15) is 0 Å². The van der Waals surface area contributed by atoms with Crippen molar-refractivity contribution >= 4 is 27.4 Å². The number of hydrogen-bond acceptors (Lipinski definition) is 6. The molecule has 0 saturated heterocycles. The van der Waals surface area contributed by atoms with E-state index in [4.69, 9.17) is 9.47 Å². The number of nitrogens with one attached hydrogen (secondary N) is 1. The van der Waals surface area contributed by atoms with E-state index in [1.807, 2.05) is 12.1 Å². The molecule has 6 heteroatoms. The van der Waals surface area contributed by atoms with Gasteiger partial charge in [0.1, 0.15) is 17.0 Å². The highest BCUT2D eigenvalue weighted by atomic mass is 32.1. The van der Waals surface area contributed by atoms with Crippen molar-refractivity contribution in [2.45, 2.75) is 13.3 Å². The lowest BCUT2D eigenvalue weighted by Crippen LogP contribution is -2.07. The van der Waals surface area contributed by atoms with Crippen LogP contribution in [-0.4, -0.2) is 30.7 Å². The molecule has 4 aromatic rings. The van der Waals surface area contributed by atoms with Gasteiger partial charge in [-0.25, -0.2) is 9.97 Å². The average molecular weight is 406 g/mol. The third kappa shape index (κ3) is 4.03. The lowest BCUT2D eigenvalue weighted by molar-refractivity contribution is 0.354. The molecule has 29 heavy (non-hydrogen) atoms. The molecule has 0 radical (unpaired) electrons. The van der Waals surface area contributed by atoms with Crippen molar-refractivity contribution in [2.75, 3.05) is 26.1 Å². The molecule has 4 rings (SSSR count). The van der Waals surface area contributed by atoms with Crippen LogP contribution in [0.3, 0.4) is 0 Å². The quantitative estimate of drug-likeness (QED) is 0.450. The Hall–Kier alpha value is -3.12. The van der Waals surface area contributed by atoms with E-state index in [9.17, 15) is 0 Å². The molecule has 2 aromatic heterocycles. The van der Waals surface area contributed by atoms with E-state index in [0.29, 0.717) is 0 Å². The molecule has 148 valence electrons. The van der Waals surface area contributed by atoms with Gasteiger partial charge in [0, 0.05) is 17.5 Å². The first-order chi connectivity index (χ1) is 14.2. The molecule has 0 spiro atoms. The first-order valence-corrected chi connectivity index (χ1v) is 10.3. The summed E-state index contributed by atoms with van der Waals surface area (Å²) in [4.78, 5) is 9.96. The highest BCUT2D eigenvalue weighted by Crippen LogP contribution is 2.36. The van der Waals surface area contributed by atoms with Gasteiger partial charge in [0.2, 0.25) is 0 Å².